The summed E-state index contributed by atoms with van der Waals surface area (Å²) in [6.45, 7) is 6.40. The fourth-order valence-corrected chi connectivity index (χ4v) is 3.04. The van der Waals surface area contributed by atoms with Gasteiger partial charge in [-0.05, 0) is 31.2 Å². The molecule has 1 N–H and O–H groups in total. The highest BCUT2D eigenvalue weighted by Gasteiger charge is 2.24. The van der Waals surface area contributed by atoms with Crippen molar-refractivity contribution in [3.63, 3.8) is 0 Å². The Labute approximate surface area is 140 Å². The van der Waals surface area contributed by atoms with Crippen LogP contribution in [0.15, 0.2) is 24.3 Å². The number of nitrogens with zero attached hydrogens (tertiary/aromatic N) is 5. The molecular weight excluding hydrogens is 313 g/mol. The van der Waals surface area contributed by atoms with Crippen LogP contribution in [0, 0.1) is 5.82 Å². The number of rotatable bonds is 5. The van der Waals surface area contributed by atoms with Crippen LogP contribution in [0.3, 0.4) is 0 Å². The Kier molecular flexibility index (Phi) is 5.17. The maximum Gasteiger partial charge on any atom is 0.205 e. The summed E-state index contributed by atoms with van der Waals surface area (Å²) in [6.07, 6.45) is -0.299. The van der Waals surface area contributed by atoms with Gasteiger partial charge in [0.05, 0.1) is 24.9 Å². The van der Waals surface area contributed by atoms with E-state index in [9.17, 15) is 9.50 Å². The van der Waals surface area contributed by atoms with Crippen molar-refractivity contribution in [3.05, 3.63) is 30.1 Å². The van der Waals surface area contributed by atoms with Crippen LogP contribution in [0.1, 0.15) is 13.8 Å². The Morgan fingerprint density at radius 2 is 2.04 bits per heavy atom. The average molecular weight is 335 g/mol. The molecule has 0 spiro atoms. The zero-order valence-corrected chi connectivity index (χ0v) is 13.8. The zero-order valence-electron chi connectivity index (χ0n) is 13.8. The lowest BCUT2D eigenvalue weighted by Gasteiger charge is -2.36. The predicted octanol–water partition coefficient (Wildman–Crippen LogP) is 0.949. The van der Waals surface area contributed by atoms with Crippen LogP contribution in [-0.2, 0) is 11.3 Å². The minimum absolute atomic E-state index is 0.157. The van der Waals surface area contributed by atoms with Gasteiger partial charge in [-0.3, -0.25) is 4.90 Å². The third-order valence-corrected chi connectivity index (χ3v) is 3.87. The van der Waals surface area contributed by atoms with Gasteiger partial charge in [-0.15, -0.1) is 10.2 Å². The SMILES string of the molecule is C[C@@H]1CN(C[C@H](O)Cn2nnc(-c3cccc(F)c3)n2)C[C@@H](C)O1. The van der Waals surface area contributed by atoms with Crippen molar-refractivity contribution in [2.75, 3.05) is 19.6 Å². The predicted molar refractivity (Wildman–Crippen MR) is 85.7 cm³/mol. The summed E-state index contributed by atoms with van der Waals surface area (Å²) in [5.74, 6) is -0.00485. The van der Waals surface area contributed by atoms with Crippen molar-refractivity contribution < 1.29 is 14.2 Å². The van der Waals surface area contributed by atoms with Crippen LogP contribution in [0.5, 0.6) is 0 Å². The molecule has 8 heteroatoms. The first kappa shape index (κ1) is 16.9. The van der Waals surface area contributed by atoms with Crippen molar-refractivity contribution >= 4 is 0 Å². The number of tetrazole rings is 1. The van der Waals surface area contributed by atoms with E-state index in [1.807, 2.05) is 13.8 Å². The maximum atomic E-state index is 13.3. The number of halogens is 1. The first-order chi connectivity index (χ1) is 11.5. The summed E-state index contributed by atoms with van der Waals surface area (Å²) in [4.78, 5) is 3.52. The van der Waals surface area contributed by atoms with Gasteiger partial charge in [0.15, 0.2) is 0 Å². The van der Waals surface area contributed by atoms with E-state index < -0.39 is 6.10 Å². The van der Waals surface area contributed by atoms with E-state index in [0.29, 0.717) is 17.9 Å². The van der Waals surface area contributed by atoms with Gasteiger partial charge in [0.2, 0.25) is 5.82 Å². The molecule has 0 unspecified atom stereocenters. The smallest absolute Gasteiger partial charge is 0.205 e. The number of aromatic nitrogens is 4. The Morgan fingerprint density at radius 3 is 2.75 bits per heavy atom. The Hall–Kier alpha value is -1.90. The molecule has 0 amide bonds. The van der Waals surface area contributed by atoms with Crippen molar-refractivity contribution in [1.82, 2.24) is 25.1 Å². The van der Waals surface area contributed by atoms with Crippen LogP contribution in [0.4, 0.5) is 4.39 Å². The second kappa shape index (κ2) is 7.33. The number of aliphatic hydroxyl groups is 1. The first-order valence-electron chi connectivity index (χ1n) is 8.09. The molecule has 0 radical (unpaired) electrons. The van der Waals surface area contributed by atoms with Gasteiger partial charge in [-0.1, -0.05) is 12.1 Å². The molecule has 1 saturated heterocycles. The molecule has 2 heterocycles. The minimum atomic E-state index is -0.614. The van der Waals surface area contributed by atoms with Crippen LogP contribution >= 0.6 is 0 Å². The Bertz CT molecular complexity index is 670. The van der Waals surface area contributed by atoms with Crippen molar-refractivity contribution in [1.29, 1.82) is 0 Å². The van der Waals surface area contributed by atoms with E-state index in [4.69, 9.17) is 4.74 Å². The van der Waals surface area contributed by atoms with E-state index in [0.717, 1.165) is 13.1 Å². The molecule has 1 aromatic heterocycles. The largest absolute Gasteiger partial charge is 0.390 e. The highest BCUT2D eigenvalue weighted by Crippen LogP contribution is 2.15. The summed E-state index contributed by atoms with van der Waals surface area (Å²) >= 11 is 0. The van der Waals surface area contributed by atoms with Gasteiger partial charge in [0, 0.05) is 25.2 Å². The highest BCUT2D eigenvalue weighted by molar-refractivity contribution is 5.53. The van der Waals surface area contributed by atoms with Gasteiger partial charge < -0.3 is 9.84 Å². The lowest BCUT2D eigenvalue weighted by atomic mass is 10.2. The molecule has 0 aliphatic carbocycles. The van der Waals surface area contributed by atoms with Crippen molar-refractivity contribution in [2.45, 2.75) is 38.7 Å². The minimum Gasteiger partial charge on any atom is -0.390 e. The van der Waals surface area contributed by atoms with Crippen molar-refractivity contribution in [2.24, 2.45) is 0 Å². The fraction of sp³-hybridized carbons (Fsp3) is 0.562. The number of morpholine rings is 1. The first-order valence-corrected chi connectivity index (χ1v) is 8.09. The molecule has 7 nitrogen and oxygen atoms in total. The molecule has 1 fully saturated rings. The second-order valence-corrected chi connectivity index (χ2v) is 6.31. The number of ether oxygens (including phenoxy) is 1. The standard InChI is InChI=1S/C16H22FN5O2/c1-11-7-21(8-12(2)24-11)9-15(23)10-22-19-16(18-20-22)13-4-3-5-14(17)6-13/h3-6,11-12,15,23H,7-10H2,1-2H3/t11-,12-,15+/m1/s1. The van der Waals surface area contributed by atoms with Gasteiger partial charge >= 0.3 is 0 Å². The summed E-state index contributed by atoms with van der Waals surface area (Å²) < 4.78 is 18.9. The molecule has 1 aliphatic rings. The lowest BCUT2D eigenvalue weighted by Crippen LogP contribution is -2.48. The number of β-amino-alcohol motifs (C(OH)–C–C–N with tert-alkyl or cyclic N) is 1. The van der Waals surface area contributed by atoms with Crippen LogP contribution in [-0.4, -0.2) is 68.2 Å². The quantitative estimate of drug-likeness (QED) is 0.877. The summed E-state index contributed by atoms with van der Waals surface area (Å²) in [7, 11) is 0. The van der Waals surface area contributed by atoms with Crippen LogP contribution in [0.25, 0.3) is 11.4 Å². The molecule has 3 atom stereocenters. The molecule has 0 saturated carbocycles. The lowest BCUT2D eigenvalue weighted by molar-refractivity contribution is -0.0776. The Balaban J connectivity index is 1.58. The molecular formula is C16H22FN5O2. The molecule has 130 valence electrons. The summed E-state index contributed by atoms with van der Waals surface area (Å²) in [5.41, 5.74) is 0.562. The molecule has 2 aromatic rings. The maximum absolute atomic E-state index is 13.3. The molecule has 24 heavy (non-hydrogen) atoms. The van der Waals surface area contributed by atoms with E-state index in [-0.39, 0.29) is 24.6 Å². The second-order valence-electron chi connectivity index (χ2n) is 6.31. The van der Waals surface area contributed by atoms with Crippen molar-refractivity contribution in [3.8, 4) is 11.4 Å². The van der Waals surface area contributed by atoms with E-state index in [2.05, 4.69) is 20.3 Å². The zero-order chi connectivity index (χ0) is 17.1. The third-order valence-electron chi connectivity index (χ3n) is 3.87. The average Bonchev–Trinajstić information content (AvgIpc) is 2.94. The third kappa shape index (κ3) is 4.34. The normalized spacial score (nSPS) is 23.3. The van der Waals surface area contributed by atoms with Crippen LogP contribution < -0.4 is 0 Å². The topological polar surface area (TPSA) is 76.3 Å². The van der Waals surface area contributed by atoms with E-state index >= 15 is 0 Å². The highest BCUT2D eigenvalue weighted by atomic mass is 19.1. The van der Waals surface area contributed by atoms with E-state index in [1.54, 1.807) is 12.1 Å². The Morgan fingerprint density at radius 1 is 1.29 bits per heavy atom. The fourth-order valence-electron chi connectivity index (χ4n) is 3.04. The van der Waals surface area contributed by atoms with Gasteiger partial charge in [-0.2, -0.15) is 4.80 Å². The number of hydrogen-bond acceptors (Lipinski definition) is 6. The van der Waals surface area contributed by atoms with Gasteiger partial charge in [-0.25, -0.2) is 4.39 Å². The number of benzene rings is 1. The number of aliphatic hydroxyl groups excluding tert-OH is 1. The van der Waals surface area contributed by atoms with Gasteiger partial charge in [0.25, 0.3) is 0 Å². The summed E-state index contributed by atoms with van der Waals surface area (Å²) in [5, 5.41) is 22.3. The molecule has 0 bridgehead atoms. The molecule has 1 aromatic carbocycles. The van der Waals surface area contributed by atoms with Gasteiger partial charge in [0.1, 0.15) is 5.82 Å². The van der Waals surface area contributed by atoms with E-state index in [1.165, 1.54) is 16.9 Å². The molecule has 3 rings (SSSR count). The monoisotopic (exact) mass is 335 g/mol. The van der Waals surface area contributed by atoms with Crippen LogP contribution in [0.2, 0.25) is 0 Å². The molecule has 1 aliphatic heterocycles. The summed E-state index contributed by atoms with van der Waals surface area (Å²) in [6, 6.07) is 6.04. The number of hydrogen-bond donors (Lipinski definition) is 1.